The summed E-state index contributed by atoms with van der Waals surface area (Å²) >= 11 is 0. The first kappa shape index (κ1) is 16.9. The summed E-state index contributed by atoms with van der Waals surface area (Å²) in [6.45, 7) is 12.6. The smallest absolute Gasteiger partial charge is 0.250 e. The lowest BCUT2D eigenvalue weighted by atomic mass is 9.99. The number of carbonyl (C=O) groups is 1. The maximum Gasteiger partial charge on any atom is 0.250 e. The van der Waals surface area contributed by atoms with Crippen molar-refractivity contribution in [1.29, 1.82) is 0 Å². The van der Waals surface area contributed by atoms with E-state index in [1.807, 2.05) is 24.3 Å². The molecule has 0 unspecified atom stereocenters. The molecule has 0 bridgehead atoms. The van der Waals surface area contributed by atoms with Gasteiger partial charge in [-0.2, -0.15) is 0 Å². The third kappa shape index (κ3) is 3.93. The molecule has 2 atom stereocenters. The van der Waals surface area contributed by atoms with Crippen molar-refractivity contribution >= 4 is 14.6 Å². The standard InChI is InChI=1S/C16H26O3Si/c1-12(11-17)15(18)13-8-7-9-14(10-13)19-20(5,6)16(2,3)4/h7-12,15,18H,1-6H3/t12-,15-/m0/s1. The summed E-state index contributed by atoms with van der Waals surface area (Å²) in [7, 11) is -1.89. The highest BCUT2D eigenvalue weighted by molar-refractivity contribution is 6.74. The van der Waals surface area contributed by atoms with E-state index in [2.05, 4.69) is 33.9 Å². The molecule has 1 aromatic rings. The SMILES string of the molecule is C[C@@H](C=O)[C@H](O)c1cccc(O[Si](C)(C)C(C)(C)C)c1. The van der Waals surface area contributed by atoms with Gasteiger partial charge in [-0.05, 0) is 35.8 Å². The minimum Gasteiger partial charge on any atom is -0.543 e. The van der Waals surface area contributed by atoms with Crippen LogP contribution in [0.25, 0.3) is 0 Å². The summed E-state index contributed by atoms with van der Waals surface area (Å²) in [4.78, 5) is 10.8. The van der Waals surface area contributed by atoms with Gasteiger partial charge >= 0.3 is 0 Å². The largest absolute Gasteiger partial charge is 0.543 e. The van der Waals surface area contributed by atoms with E-state index >= 15 is 0 Å². The van der Waals surface area contributed by atoms with E-state index in [9.17, 15) is 9.90 Å². The lowest BCUT2D eigenvalue weighted by molar-refractivity contribution is -0.113. The number of aliphatic hydroxyl groups excluding tert-OH is 1. The second-order valence-electron chi connectivity index (χ2n) is 6.87. The summed E-state index contributed by atoms with van der Waals surface area (Å²) in [5.41, 5.74) is 0.723. The molecule has 1 aromatic carbocycles. The van der Waals surface area contributed by atoms with Crippen LogP contribution in [-0.2, 0) is 4.79 Å². The summed E-state index contributed by atoms with van der Waals surface area (Å²) in [6, 6.07) is 7.43. The first-order valence-corrected chi connectivity index (χ1v) is 9.91. The van der Waals surface area contributed by atoms with Crippen LogP contribution in [0.5, 0.6) is 5.75 Å². The molecular weight excluding hydrogens is 268 g/mol. The summed E-state index contributed by atoms with van der Waals surface area (Å²) < 4.78 is 6.21. The topological polar surface area (TPSA) is 46.5 Å². The maximum absolute atomic E-state index is 10.8. The highest BCUT2D eigenvalue weighted by atomic mass is 28.4. The van der Waals surface area contributed by atoms with Crippen LogP contribution in [0.2, 0.25) is 18.1 Å². The van der Waals surface area contributed by atoms with Gasteiger partial charge < -0.3 is 14.3 Å². The predicted molar refractivity (Wildman–Crippen MR) is 84.5 cm³/mol. The second kappa shape index (κ2) is 6.10. The van der Waals surface area contributed by atoms with Gasteiger partial charge in [-0.3, -0.25) is 0 Å². The molecule has 0 amide bonds. The van der Waals surface area contributed by atoms with Crippen molar-refractivity contribution in [1.82, 2.24) is 0 Å². The van der Waals surface area contributed by atoms with Gasteiger partial charge in [-0.1, -0.05) is 39.8 Å². The lowest BCUT2D eigenvalue weighted by Gasteiger charge is -2.36. The molecule has 0 radical (unpaired) electrons. The average Bonchev–Trinajstić information content (AvgIpc) is 2.35. The Bertz CT molecular complexity index is 463. The quantitative estimate of drug-likeness (QED) is 0.661. The van der Waals surface area contributed by atoms with Gasteiger partial charge in [0.25, 0.3) is 0 Å². The van der Waals surface area contributed by atoms with Crippen molar-refractivity contribution in [2.75, 3.05) is 0 Å². The zero-order valence-electron chi connectivity index (χ0n) is 13.3. The molecule has 4 heteroatoms. The van der Waals surface area contributed by atoms with Crippen LogP contribution in [0.15, 0.2) is 24.3 Å². The number of hydrogen-bond donors (Lipinski definition) is 1. The fourth-order valence-electron chi connectivity index (χ4n) is 1.59. The Morgan fingerprint density at radius 3 is 2.40 bits per heavy atom. The van der Waals surface area contributed by atoms with Gasteiger partial charge in [-0.25, -0.2) is 0 Å². The molecule has 0 aliphatic heterocycles. The van der Waals surface area contributed by atoms with Gasteiger partial charge in [0.2, 0.25) is 8.32 Å². The highest BCUT2D eigenvalue weighted by Gasteiger charge is 2.39. The van der Waals surface area contributed by atoms with Gasteiger partial charge in [0.1, 0.15) is 12.0 Å². The second-order valence-corrected chi connectivity index (χ2v) is 11.6. The summed E-state index contributed by atoms with van der Waals surface area (Å²) in [5.74, 6) is 0.351. The Morgan fingerprint density at radius 1 is 1.30 bits per heavy atom. The molecule has 1 rings (SSSR count). The Labute approximate surface area is 123 Å². The molecule has 112 valence electrons. The maximum atomic E-state index is 10.8. The molecule has 1 N–H and O–H groups in total. The molecule has 3 nitrogen and oxygen atoms in total. The van der Waals surface area contributed by atoms with Crippen LogP contribution in [0.1, 0.15) is 39.4 Å². The van der Waals surface area contributed by atoms with E-state index in [-0.39, 0.29) is 5.04 Å². The third-order valence-electron chi connectivity index (χ3n) is 4.09. The predicted octanol–water partition coefficient (Wildman–Crippen LogP) is 3.94. The van der Waals surface area contributed by atoms with E-state index < -0.39 is 20.3 Å². The molecule has 0 saturated carbocycles. The zero-order valence-corrected chi connectivity index (χ0v) is 14.3. The summed E-state index contributed by atoms with van der Waals surface area (Å²) in [6.07, 6.45) is -0.0121. The van der Waals surface area contributed by atoms with Crippen molar-refractivity contribution in [3.05, 3.63) is 29.8 Å². The fourth-order valence-corrected chi connectivity index (χ4v) is 2.61. The van der Waals surface area contributed by atoms with Crippen molar-refractivity contribution in [2.45, 2.75) is 51.9 Å². The number of hydrogen-bond acceptors (Lipinski definition) is 3. The van der Waals surface area contributed by atoms with Crippen LogP contribution < -0.4 is 4.43 Å². The van der Waals surface area contributed by atoms with Crippen LogP contribution in [0.4, 0.5) is 0 Å². The average molecular weight is 294 g/mol. The normalized spacial score (nSPS) is 15.6. The number of rotatable bonds is 5. The van der Waals surface area contributed by atoms with Crippen molar-refractivity contribution in [3.8, 4) is 5.75 Å². The van der Waals surface area contributed by atoms with Gasteiger partial charge in [0.15, 0.2) is 0 Å². The third-order valence-corrected chi connectivity index (χ3v) is 8.45. The molecule has 0 aliphatic rings. The molecular formula is C16H26O3Si. The number of benzene rings is 1. The number of aliphatic hydroxyl groups is 1. The van der Waals surface area contributed by atoms with Crippen LogP contribution in [-0.4, -0.2) is 19.7 Å². The number of carbonyl (C=O) groups excluding carboxylic acids is 1. The Hall–Kier alpha value is -1.13. The minimum absolute atomic E-state index is 0.123. The van der Waals surface area contributed by atoms with Gasteiger partial charge in [0.05, 0.1) is 6.10 Å². The van der Waals surface area contributed by atoms with Gasteiger partial charge in [-0.15, -0.1) is 0 Å². The lowest BCUT2D eigenvalue weighted by Crippen LogP contribution is -2.43. The van der Waals surface area contributed by atoms with Crippen LogP contribution in [0.3, 0.4) is 0 Å². The molecule has 0 heterocycles. The van der Waals surface area contributed by atoms with Crippen LogP contribution in [0, 0.1) is 5.92 Å². The molecule has 0 aliphatic carbocycles. The highest BCUT2D eigenvalue weighted by Crippen LogP contribution is 2.37. The molecule has 0 saturated heterocycles. The Morgan fingerprint density at radius 2 is 1.90 bits per heavy atom. The minimum atomic E-state index is -1.89. The van der Waals surface area contributed by atoms with Crippen molar-refractivity contribution in [2.24, 2.45) is 5.92 Å². The van der Waals surface area contributed by atoms with Crippen LogP contribution >= 0.6 is 0 Å². The molecule has 0 aromatic heterocycles. The summed E-state index contributed by atoms with van der Waals surface area (Å²) in [5, 5.41) is 10.2. The first-order chi connectivity index (χ1) is 9.08. The molecule has 0 spiro atoms. The van der Waals surface area contributed by atoms with Gasteiger partial charge in [0, 0.05) is 5.92 Å². The van der Waals surface area contributed by atoms with E-state index in [0.29, 0.717) is 0 Å². The molecule has 0 fully saturated rings. The van der Waals surface area contributed by atoms with Crippen molar-refractivity contribution < 1.29 is 14.3 Å². The zero-order chi connectivity index (χ0) is 15.6. The first-order valence-electron chi connectivity index (χ1n) is 7.01. The van der Waals surface area contributed by atoms with Crippen molar-refractivity contribution in [3.63, 3.8) is 0 Å². The van der Waals surface area contributed by atoms with E-state index in [0.717, 1.165) is 17.6 Å². The van der Waals surface area contributed by atoms with E-state index in [4.69, 9.17) is 4.43 Å². The van der Waals surface area contributed by atoms with E-state index in [1.165, 1.54) is 0 Å². The Balaban J connectivity index is 2.97. The monoisotopic (exact) mass is 294 g/mol. The molecule has 20 heavy (non-hydrogen) atoms. The number of aldehydes is 1. The Kier molecular flexibility index (Phi) is 5.16. The fraction of sp³-hybridized carbons (Fsp3) is 0.562. The van der Waals surface area contributed by atoms with E-state index in [1.54, 1.807) is 6.92 Å².